The van der Waals surface area contributed by atoms with E-state index in [4.69, 9.17) is 10.7 Å². The van der Waals surface area contributed by atoms with Crippen molar-refractivity contribution in [1.29, 1.82) is 0 Å². The summed E-state index contributed by atoms with van der Waals surface area (Å²) < 4.78 is 0. The fourth-order valence-electron chi connectivity index (χ4n) is 2.22. The topological polar surface area (TPSA) is 51.8 Å². The predicted molar refractivity (Wildman–Crippen MR) is 84.7 cm³/mol. The summed E-state index contributed by atoms with van der Waals surface area (Å²) in [5, 5.41) is 2.98. The number of benzene rings is 1. The van der Waals surface area contributed by atoms with Gasteiger partial charge in [0.05, 0.1) is 11.3 Å². The molecule has 2 N–H and O–H groups in total. The van der Waals surface area contributed by atoms with Crippen molar-refractivity contribution in [3.63, 3.8) is 0 Å². The number of nitrogens with zero attached hydrogens (tertiary/aromatic N) is 2. The molecule has 0 aliphatic rings. The molecule has 0 saturated carbocycles. The van der Waals surface area contributed by atoms with Gasteiger partial charge in [-0.15, -0.1) is 11.3 Å². The zero-order valence-electron chi connectivity index (χ0n) is 11.4. The van der Waals surface area contributed by atoms with Crippen molar-refractivity contribution in [1.82, 2.24) is 9.97 Å². The molecule has 3 aromatic rings. The Balaban J connectivity index is 2.04. The molecule has 2 aromatic heterocycles. The van der Waals surface area contributed by atoms with Crippen LogP contribution in [0.3, 0.4) is 0 Å². The molecule has 3 rings (SSSR count). The maximum atomic E-state index is 5.91. The maximum Gasteiger partial charge on any atom is 0.133 e. The van der Waals surface area contributed by atoms with Crippen LogP contribution in [0.2, 0.25) is 0 Å². The van der Waals surface area contributed by atoms with Crippen molar-refractivity contribution in [2.75, 3.05) is 5.73 Å². The first kappa shape index (κ1) is 12.8. The van der Waals surface area contributed by atoms with Gasteiger partial charge in [-0.1, -0.05) is 23.8 Å². The van der Waals surface area contributed by atoms with Crippen molar-refractivity contribution < 1.29 is 0 Å². The fraction of sp³-hybridized carbons (Fsp3) is 0.125. The number of aryl methyl sites for hydroxylation is 2. The van der Waals surface area contributed by atoms with Crippen LogP contribution in [0.15, 0.2) is 41.9 Å². The Morgan fingerprint density at radius 1 is 1.10 bits per heavy atom. The smallest absolute Gasteiger partial charge is 0.133 e. The van der Waals surface area contributed by atoms with E-state index in [9.17, 15) is 0 Å². The first-order valence-electron chi connectivity index (χ1n) is 6.39. The molecule has 0 atom stereocenters. The van der Waals surface area contributed by atoms with Crippen LogP contribution in [-0.2, 0) is 0 Å². The molecule has 0 spiro atoms. The number of thiazole rings is 1. The van der Waals surface area contributed by atoms with E-state index < -0.39 is 0 Å². The van der Waals surface area contributed by atoms with Gasteiger partial charge in [0.25, 0.3) is 0 Å². The lowest BCUT2D eigenvalue weighted by Crippen LogP contribution is -1.92. The zero-order chi connectivity index (χ0) is 14.1. The Labute approximate surface area is 122 Å². The van der Waals surface area contributed by atoms with E-state index in [0.29, 0.717) is 5.82 Å². The van der Waals surface area contributed by atoms with Gasteiger partial charge in [0, 0.05) is 17.1 Å². The molecule has 2 heterocycles. The summed E-state index contributed by atoms with van der Waals surface area (Å²) in [4.78, 5) is 8.81. The monoisotopic (exact) mass is 281 g/mol. The Morgan fingerprint density at radius 3 is 2.70 bits per heavy atom. The largest absolute Gasteiger partial charge is 0.383 e. The van der Waals surface area contributed by atoms with Crippen LogP contribution < -0.4 is 5.73 Å². The maximum absolute atomic E-state index is 5.91. The molecule has 0 aliphatic carbocycles. The molecule has 0 fully saturated rings. The number of hydrogen-bond donors (Lipinski definition) is 1. The van der Waals surface area contributed by atoms with E-state index in [1.807, 2.05) is 12.1 Å². The molecule has 0 saturated heterocycles. The van der Waals surface area contributed by atoms with E-state index in [1.54, 1.807) is 17.5 Å². The lowest BCUT2D eigenvalue weighted by molar-refractivity contribution is 1.31. The third-order valence-electron chi connectivity index (χ3n) is 3.23. The lowest BCUT2D eigenvalue weighted by atomic mass is 10.0. The Morgan fingerprint density at radius 2 is 1.95 bits per heavy atom. The fourth-order valence-corrected chi connectivity index (χ4v) is 3.07. The quantitative estimate of drug-likeness (QED) is 0.770. The minimum Gasteiger partial charge on any atom is -0.383 e. The number of rotatable bonds is 2. The average Bonchev–Trinajstić information content (AvgIpc) is 2.88. The Hall–Kier alpha value is -2.20. The summed E-state index contributed by atoms with van der Waals surface area (Å²) >= 11 is 1.59. The first-order chi connectivity index (χ1) is 9.65. The van der Waals surface area contributed by atoms with E-state index in [1.165, 1.54) is 16.7 Å². The Bertz CT molecular complexity index is 762. The van der Waals surface area contributed by atoms with E-state index >= 15 is 0 Å². The summed E-state index contributed by atoms with van der Waals surface area (Å²) in [5.41, 5.74) is 11.5. The van der Waals surface area contributed by atoms with Gasteiger partial charge in [0.2, 0.25) is 0 Å². The highest BCUT2D eigenvalue weighted by Crippen LogP contribution is 2.32. The van der Waals surface area contributed by atoms with Gasteiger partial charge >= 0.3 is 0 Å². The van der Waals surface area contributed by atoms with Crippen molar-refractivity contribution >= 4 is 17.2 Å². The molecule has 20 heavy (non-hydrogen) atoms. The second kappa shape index (κ2) is 5.06. The molecule has 0 aliphatic heterocycles. The van der Waals surface area contributed by atoms with Crippen LogP contribution in [0.1, 0.15) is 11.1 Å². The molecule has 0 unspecified atom stereocenters. The Kier molecular flexibility index (Phi) is 3.24. The van der Waals surface area contributed by atoms with Crippen molar-refractivity contribution in [3.05, 3.63) is 53.0 Å². The molecule has 1 aromatic carbocycles. The number of anilines is 1. The van der Waals surface area contributed by atoms with Crippen LogP contribution in [0.5, 0.6) is 0 Å². The van der Waals surface area contributed by atoms with Crippen LogP contribution >= 0.6 is 11.3 Å². The highest BCUT2D eigenvalue weighted by molar-refractivity contribution is 7.13. The van der Waals surface area contributed by atoms with Gasteiger partial charge in [0.1, 0.15) is 10.8 Å². The van der Waals surface area contributed by atoms with Gasteiger partial charge in [-0.25, -0.2) is 9.97 Å². The third-order valence-corrected chi connectivity index (χ3v) is 4.11. The van der Waals surface area contributed by atoms with Gasteiger partial charge in [-0.3, -0.25) is 0 Å². The zero-order valence-corrected chi connectivity index (χ0v) is 12.2. The van der Waals surface area contributed by atoms with Crippen molar-refractivity contribution in [2.24, 2.45) is 0 Å². The van der Waals surface area contributed by atoms with Crippen LogP contribution in [0.25, 0.3) is 21.8 Å². The van der Waals surface area contributed by atoms with E-state index in [2.05, 4.69) is 42.4 Å². The van der Waals surface area contributed by atoms with Gasteiger partial charge in [-0.05, 0) is 31.5 Å². The van der Waals surface area contributed by atoms with E-state index in [0.717, 1.165) is 16.3 Å². The van der Waals surface area contributed by atoms with Crippen LogP contribution in [0, 0.1) is 13.8 Å². The molecule has 0 amide bonds. The highest BCUT2D eigenvalue weighted by atomic mass is 32.1. The van der Waals surface area contributed by atoms with Crippen LogP contribution in [0.4, 0.5) is 5.82 Å². The van der Waals surface area contributed by atoms with Crippen LogP contribution in [-0.4, -0.2) is 9.97 Å². The molecule has 100 valence electrons. The predicted octanol–water partition coefficient (Wildman–Crippen LogP) is 4.07. The molecule has 0 bridgehead atoms. The van der Waals surface area contributed by atoms with Crippen molar-refractivity contribution in [2.45, 2.75) is 13.8 Å². The number of pyridine rings is 1. The molecule has 0 radical (unpaired) electrons. The average molecular weight is 281 g/mol. The highest BCUT2D eigenvalue weighted by Gasteiger charge is 2.11. The van der Waals surface area contributed by atoms with Gasteiger partial charge in [-0.2, -0.15) is 0 Å². The molecular weight excluding hydrogens is 266 g/mol. The number of nitrogens with two attached hydrogens (primary N) is 1. The second-order valence-corrected chi connectivity index (χ2v) is 5.65. The number of hydrogen-bond acceptors (Lipinski definition) is 4. The normalized spacial score (nSPS) is 10.7. The number of nitrogen functional groups attached to an aromatic ring is 1. The summed E-state index contributed by atoms with van der Waals surface area (Å²) in [5.74, 6) is 0.522. The second-order valence-electron chi connectivity index (χ2n) is 4.79. The summed E-state index contributed by atoms with van der Waals surface area (Å²) in [6, 6.07) is 10.2. The lowest BCUT2D eigenvalue weighted by Gasteiger charge is -2.04. The summed E-state index contributed by atoms with van der Waals surface area (Å²) in [6.07, 6.45) is 1.69. The standard InChI is InChI=1S/C16H15N3S/c1-10-5-6-12(11(2)8-10)14-9-20-16(19-14)13-4-3-7-18-15(13)17/h3-9H,1-2H3,(H2,17,18). The van der Waals surface area contributed by atoms with E-state index in [-0.39, 0.29) is 0 Å². The molecule has 4 heteroatoms. The minimum atomic E-state index is 0.522. The van der Waals surface area contributed by atoms with Crippen molar-refractivity contribution in [3.8, 4) is 21.8 Å². The summed E-state index contributed by atoms with van der Waals surface area (Å²) in [7, 11) is 0. The SMILES string of the molecule is Cc1ccc(-c2csc(-c3cccnc3N)n2)c(C)c1. The third kappa shape index (κ3) is 2.30. The summed E-state index contributed by atoms with van der Waals surface area (Å²) in [6.45, 7) is 4.21. The first-order valence-corrected chi connectivity index (χ1v) is 7.27. The minimum absolute atomic E-state index is 0.522. The van der Waals surface area contributed by atoms with Gasteiger partial charge in [0.15, 0.2) is 0 Å². The van der Waals surface area contributed by atoms with Gasteiger partial charge < -0.3 is 5.73 Å². The molecule has 3 nitrogen and oxygen atoms in total. The molecular formula is C16H15N3S. The number of aromatic nitrogens is 2.